The topological polar surface area (TPSA) is 18.5 Å². The van der Waals surface area contributed by atoms with Gasteiger partial charge in [-0.15, -0.1) is 0 Å². The number of halogens is 1. The molecule has 1 rings (SSSR count). The maximum absolute atomic E-state index is 6.18. The van der Waals surface area contributed by atoms with Gasteiger partial charge in [-0.1, -0.05) is 40.9 Å². The van der Waals surface area contributed by atoms with Crippen LogP contribution in [-0.2, 0) is 8.85 Å². The average Bonchev–Trinajstić information content (AvgIpc) is 2.18. The molecule has 0 aliphatic carbocycles. The maximum Gasteiger partial charge on any atom is 0.477 e. The summed E-state index contributed by atoms with van der Waals surface area (Å²) in [6, 6.07) is 7.89. The first-order valence-corrected chi connectivity index (χ1v) is 6.81. The lowest BCUT2D eigenvalue weighted by molar-refractivity contribution is 0.281. The molecule has 72 valence electrons. The summed E-state index contributed by atoms with van der Waals surface area (Å²) in [5.74, 6) is 0. The average molecular weight is 217 g/mol. The molecule has 0 saturated heterocycles. The van der Waals surface area contributed by atoms with Crippen molar-refractivity contribution in [2.24, 2.45) is 0 Å². The molecule has 0 bridgehead atoms. The van der Waals surface area contributed by atoms with E-state index in [2.05, 4.69) is 0 Å². The Balaban J connectivity index is 2.99. The lowest BCUT2D eigenvalue weighted by Crippen LogP contribution is -2.46. The number of hydrogen-bond acceptors (Lipinski definition) is 2. The number of rotatable bonds is 3. The van der Waals surface area contributed by atoms with Crippen LogP contribution in [0.2, 0.25) is 0 Å². The molecule has 1 aromatic carbocycles. The first-order valence-electron chi connectivity index (χ1n) is 3.99. The van der Waals surface area contributed by atoms with Gasteiger partial charge < -0.3 is 8.85 Å². The molecule has 0 fully saturated rings. The van der Waals surface area contributed by atoms with E-state index in [1.54, 1.807) is 14.2 Å². The predicted molar refractivity (Wildman–Crippen MR) is 56.4 cm³/mol. The molecule has 0 spiro atoms. The molecule has 0 radical (unpaired) electrons. The summed E-state index contributed by atoms with van der Waals surface area (Å²) in [6.45, 7) is 2.03. The fourth-order valence-corrected chi connectivity index (χ4v) is 2.65. The monoisotopic (exact) mass is 216 g/mol. The smallest absolute Gasteiger partial charge is 0.383 e. The zero-order chi connectivity index (χ0) is 9.90. The second-order valence-corrected chi connectivity index (χ2v) is 6.77. The van der Waals surface area contributed by atoms with E-state index in [9.17, 15) is 0 Å². The number of hydrogen-bond donors (Lipinski definition) is 0. The molecule has 0 aromatic heterocycles. The molecule has 0 unspecified atom stereocenters. The second-order valence-electron chi connectivity index (χ2n) is 2.81. The van der Waals surface area contributed by atoms with Gasteiger partial charge in [0.2, 0.25) is 0 Å². The second kappa shape index (κ2) is 4.24. The molecule has 0 aliphatic rings. The van der Waals surface area contributed by atoms with Crippen LogP contribution in [0.4, 0.5) is 0 Å². The van der Waals surface area contributed by atoms with Gasteiger partial charge in [0.15, 0.2) is 0 Å². The zero-order valence-corrected chi connectivity index (χ0v) is 9.76. The molecule has 0 heterocycles. The summed E-state index contributed by atoms with van der Waals surface area (Å²) in [5.41, 5.74) is 1.20. The minimum atomic E-state index is -2.62. The highest BCUT2D eigenvalue weighted by Crippen LogP contribution is 2.11. The first-order chi connectivity index (χ1) is 6.12. The molecule has 0 atom stereocenters. The lowest BCUT2D eigenvalue weighted by Gasteiger charge is -2.19. The maximum atomic E-state index is 6.18. The third-order valence-electron chi connectivity index (χ3n) is 1.92. The highest BCUT2D eigenvalue weighted by molar-refractivity contribution is 7.20. The van der Waals surface area contributed by atoms with Crippen molar-refractivity contribution in [1.82, 2.24) is 0 Å². The van der Waals surface area contributed by atoms with E-state index in [0.717, 1.165) is 5.19 Å². The van der Waals surface area contributed by atoms with Gasteiger partial charge in [-0.05, 0) is 6.92 Å². The van der Waals surface area contributed by atoms with Gasteiger partial charge in [-0.25, -0.2) is 0 Å². The molecule has 0 N–H and O–H groups in total. The van der Waals surface area contributed by atoms with Crippen LogP contribution in [-0.4, -0.2) is 22.1 Å². The van der Waals surface area contributed by atoms with Crippen molar-refractivity contribution < 1.29 is 8.85 Å². The van der Waals surface area contributed by atoms with Crippen LogP contribution in [0, 0.1) is 6.92 Å². The Labute approximate surface area is 84.4 Å². The highest BCUT2D eigenvalue weighted by atomic mass is 35.6. The van der Waals surface area contributed by atoms with E-state index in [1.807, 2.05) is 31.2 Å². The molecule has 0 aliphatic heterocycles. The molecule has 13 heavy (non-hydrogen) atoms. The molecule has 1 aromatic rings. The first kappa shape index (κ1) is 10.7. The zero-order valence-electron chi connectivity index (χ0n) is 8.00. The van der Waals surface area contributed by atoms with Gasteiger partial charge >= 0.3 is 7.87 Å². The van der Waals surface area contributed by atoms with Gasteiger partial charge in [-0.3, -0.25) is 0 Å². The van der Waals surface area contributed by atoms with Gasteiger partial charge in [-0.2, -0.15) is 0 Å². The fourth-order valence-electron chi connectivity index (χ4n) is 1.07. The number of benzene rings is 1. The summed E-state index contributed by atoms with van der Waals surface area (Å²) in [7, 11) is 0.520. The van der Waals surface area contributed by atoms with Crippen molar-refractivity contribution in [2.45, 2.75) is 6.92 Å². The minimum Gasteiger partial charge on any atom is -0.383 e. The summed E-state index contributed by atoms with van der Waals surface area (Å²) in [5, 5.41) is 0.935. The Kier molecular flexibility index (Phi) is 3.50. The van der Waals surface area contributed by atoms with Crippen molar-refractivity contribution in [3.8, 4) is 0 Å². The van der Waals surface area contributed by atoms with Crippen molar-refractivity contribution in [3.63, 3.8) is 0 Å². The molecule has 0 amide bonds. The quantitative estimate of drug-likeness (QED) is 0.566. The van der Waals surface area contributed by atoms with Gasteiger partial charge in [0.1, 0.15) is 0 Å². The van der Waals surface area contributed by atoms with Gasteiger partial charge in [0, 0.05) is 19.4 Å². The minimum absolute atomic E-state index is 0.935. The van der Waals surface area contributed by atoms with E-state index in [1.165, 1.54) is 5.56 Å². The van der Waals surface area contributed by atoms with Gasteiger partial charge in [0.05, 0.1) is 0 Å². The standard InChI is InChI=1S/C9H13ClO2Si/c1-8-4-6-9(7-5-8)13(10,11-2)12-3/h4-7H,1-3H3. The summed E-state index contributed by atoms with van der Waals surface area (Å²) >= 11 is 6.18. The third-order valence-corrected chi connectivity index (χ3v) is 5.58. The Morgan fingerprint density at radius 1 is 1.08 bits per heavy atom. The SMILES string of the molecule is CO[Si](Cl)(OC)c1ccc(C)cc1. The molecular formula is C9H13ClO2Si. The van der Waals surface area contributed by atoms with Crippen molar-refractivity contribution in [3.05, 3.63) is 29.8 Å². The van der Waals surface area contributed by atoms with E-state index in [-0.39, 0.29) is 0 Å². The van der Waals surface area contributed by atoms with Crippen LogP contribution < -0.4 is 5.19 Å². The van der Waals surface area contributed by atoms with Crippen LogP contribution >= 0.6 is 11.1 Å². The van der Waals surface area contributed by atoms with Crippen LogP contribution in [0.25, 0.3) is 0 Å². The third kappa shape index (κ3) is 2.31. The molecule has 4 heteroatoms. The summed E-state index contributed by atoms with van der Waals surface area (Å²) in [6.07, 6.45) is 0. The Morgan fingerprint density at radius 2 is 1.54 bits per heavy atom. The highest BCUT2D eigenvalue weighted by Gasteiger charge is 2.35. The lowest BCUT2D eigenvalue weighted by atomic mass is 10.2. The van der Waals surface area contributed by atoms with E-state index in [4.69, 9.17) is 19.9 Å². The van der Waals surface area contributed by atoms with Crippen LogP contribution in [0.3, 0.4) is 0 Å². The normalized spacial score (nSPS) is 11.7. The Hall–Kier alpha value is -0.353. The van der Waals surface area contributed by atoms with Crippen LogP contribution in [0.15, 0.2) is 24.3 Å². The summed E-state index contributed by atoms with van der Waals surface area (Å²) < 4.78 is 10.4. The van der Waals surface area contributed by atoms with Crippen molar-refractivity contribution >= 4 is 24.1 Å². The van der Waals surface area contributed by atoms with E-state index >= 15 is 0 Å². The van der Waals surface area contributed by atoms with Crippen molar-refractivity contribution in [2.75, 3.05) is 14.2 Å². The van der Waals surface area contributed by atoms with Crippen LogP contribution in [0.1, 0.15) is 5.56 Å². The molecule has 0 saturated carbocycles. The van der Waals surface area contributed by atoms with Crippen molar-refractivity contribution in [1.29, 1.82) is 0 Å². The van der Waals surface area contributed by atoms with E-state index < -0.39 is 7.87 Å². The summed E-state index contributed by atoms with van der Waals surface area (Å²) in [4.78, 5) is 0. The van der Waals surface area contributed by atoms with Crippen LogP contribution in [0.5, 0.6) is 0 Å². The molecular weight excluding hydrogens is 204 g/mol. The van der Waals surface area contributed by atoms with Gasteiger partial charge in [0.25, 0.3) is 0 Å². The Morgan fingerprint density at radius 3 is 1.92 bits per heavy atom. The molecule has 2 nitrogen and oxygen atoms in total. The largest absolute Gasteiger partial charge is 0.477 e. The van der Waals surface area contributed by atoms with E-state index in [0.29, 0.717) is 0 Å². The Bertz CT molecular complexity index is 269. The predicted octanol–water partition coefficient (Wildman–Crippen LogP) is 1.67. The fraction of sp³-hybridized carbons (Fsp3) is 0.333. The number of aryl methyl sites for hydroxylation is 1.